The van der Waals surface area contributed by atoms with Gasteiger partial charge >= 0.3 is 12.4 Å². The number of amides is 1. The summed E-state index contributed by atoms with van der Waals surface area (Å²) in [6.07, 6.45) is -7.26. The van der Waals surface area contributed by atoms with Crippen molar-refractivity contribution in [3.8, 4) is 0 Å². The van der Waals surface area contributed by atoms with Gasteiger partial charge in [-0.2, -0.15) is 26.3 Å². The highest BCUT2D eigenvalue weighted by Crippen LogP contribution is 2.53. The molecule has 0 saturated heterocycles. The number of carbonyl (C=O) groups is 1. The van der Waals surface area contributed by atoms with E-state index in [9.17, 15) is 39.6 Å². The molecule has 1 amide bonds. The molecule has 12 heteroatoms. The molecule has 0 aliphatic heterocycles. The smallest absolute Gasteiger partial charge is 0.354 e. The van der Waals surface area contributed by atoms with E-state index in [1.807, 2.05) is 0 Å². The van der Waals surface area contributed by atoms with Gasteiger partial charge in [0.05, 0.1) is 11.7 Å². The van der Waals surface area contributed by atoms with E-state index in [1.54, 1.807) is 24.3 Å². The maximum atomic E-state index is 14.0. The average Bonchev–Trinajstić information content (AvgIpc) is 2.86. The van der Waals surface area contributed by atoms with Gasteiger partial charge in [0.1, 0.15) is 10.7 Å². The van der Waals surface area contributed by atoms with Crippen molar-refractivity contribution < 1.29 is 44.3 Å². The van der Waals surface area contributed by atoms with Gasteiger partial charge in [-0.1, -0.05) is 68.5 Å². The molecule has 0 bridgehead atoms. The monoisotopic (exact) mass is 579 g/mol. The maximum Gasteiger partial charge on any atom is 0.430 e. The molecule has 2 aromatic rings. The van der Waals surface area contributed by atoms with Gasteiger partial charge in [0, 0.05) is 17.9 Å². The molecule has 1 aliphatic rings. The minimum Gasteiger partial charge on any atom is -0.354 e. The van der Waals surface area contributed by atoms with Crippen LogP contribution in [0.4, 0.5) is 32.0 Å². The molecule has 1 saturated carbocycles. The fourth-order valence-corrected chi connectivity index (χ4v) is 5.22. The van der Waals surface area contributed by atoms with Crippen molar-refractivity contribution in [3.05, 3.63) is 65.2 Å². The third kappa shape index (κ3) is 7.53. The van der Waals surface area contributed by atoms with Gasteiger partial charge in [-0.3, -0.25) is 4.79 Å². The molecule has 0 heterocycles. The van der Waals surface area contributed by atoms with Gasteiger partial charge < -0.3 is 10.1 Å². The van der Waals surface area contributed by atoms with Crippen LogP contribution in [0.3, 0.4) is 0 Å². The zero-order chi connectivity index (χ0) is 28.8. The molecular weight excluding hydrogens is 548 g/mol. The van der Waals surface area contributed by atoms with Crippen molar-refractivity contribution in [2.45, 2.75) is 75.1 Å². The van der Waals surface area contributed by atoms with Crippen LogP contribution in [-0.2, 0) is 32.3 Å². The summed E-state index contributed by atoms with van der Waals surface area (Å²) in [5, 5.41) is 1.75. The van der Waals surface area contributed by atoms with Crippen molar-refractivity contribution in [1.82, 2.24) is 0 Å². The first-order valence-corrected chi connectivity index (χ1v) is 13.9. The van der Waals surface area contributed by atoms with E-state index in [4.69, 9.17) is 4.74 Å². The molecule has 0 aromatic heterocycles. The van der Waals surface area contributed by atoms with Crippen molar-refractivity contribution in [2.75, 3.05) is 11.9 Å². The Balaban J connectivity index is 1.73. The van der Waals surface area contributed by atoms with Gasteiger partial charge in [0.2, 0.25) is 5.91 Å². The zero-order valence-corrected chi connectivity index (χ0v) is 22.2. The lowest BCUT2D eigenvalue weighted by molar-refractivity contribution is -0.390. The molecule has 1 unspecified atom stereocenters. The second-order valence-corrected chi connectivity index (χ2v) is 11.2. The Hall–Kier alpha value is -2.60. The van der Waals surface area contributed by atoms with Crippen molar-refractivity contribution in [2.24, 2.45) is 5.92 Å². The number of halogens is 6. The second kappa shape index (κ2) is 12.7. The number of hydrogen-bond acceptors (Lipinski definition) is 4. The number of anilines is 1. The van der Waals surface area contributed by atoms with E-state index in [0.29, 0.717) is 23.3 Å². The van der Waals surface area contributed by atoms with Gasteiger partial charge in [0.25, 0.3) is 5.60 Å². The Bertz CT molecular complexity index is 1150. The van der Waals surface area contributed by atoms with Gasteiger partial charge in [-0.05, 0) is 42.5 Å². The molecule has 216 valence electrons. The van der Waals surface area contributed by atoms with Crippen LogP contribution in [0.5, 0.6) is 0 Å². The Kier molecular flexibility index (Phi) is 10.1. The Morgan fingerprint density at radius 1 is 0.923 bits per heavy atom. The summed E-state index contributed by atoms with van der Waals surface area (Å²) >= 11 is 0. The lowest BCUT2D eigenvalue weighted by atomic mass is 9.87. The highest BCUT2D eigenvalue weighted by molar-refractivity contribution is 7.72. The highest BCUT2D eigenvalue weighted by Gasteiger charge is 2.73. The number of ether oxygens (including phenoxy) is 1. The van der Waals surface area contributed by atoms with Crippen molar-refractivity contribution in [3.63, 3.8) is 0 Å². The average molecular weight is 580 g/mol. The van der Waals surface area contributed by atoms with Crippen LogP contribution in [0.25, 0.3) is 0 Å². The lowest BCUT2D eigenvalue weighted by Crippen LogP contribution is -2.56. The first-order chi connectivity index (χ1) is 18.2. The first-order valence-electron chi connectivity index (χ1n) is 12.6. The number of nitrogens with one attached hydrogen (secondary N) is 1. The van der Waals surface area contributed by atoms with E-state index in [2.05, 4.69) is 5.32 Å². The van der Waals surface area contributed by atoms with Gasteiger partial charge in [-0.15, -0.1) is 0 Å². The predicted octanol–water partition coefficient (Wildman–Crippen LogP) is 6.85. The molecule has 1 N–H and O–H groups in total. The van der Waals surface area contributed by atoms with E-state index in [0.717, 1.165) is 44.2 Å². The Morgan fingerprint density at radius 2 is 1.49 bits per heavy atom. The Morgan fingerprint density at radius 3 is 2.00 bits per heavy atom. The number of benzene rings is 2. The third-order valence-corrected chi connectivity index (χ3v) is 8.02. The molecule has 2 aromatic carbocycles. The molecule has 1 fully saturated rings. The number of hydrogen-bond donors (Lipinski definition) is 2. The Labute approximate surface area is 224 Å². The fraction of sp³-hybridized carbons (Fsp3) is 0.519. The predicted molar refractivity (Wildman–Crippen MR) is 135 cm³/mol. The van der Waals surface area contributed by atoms with E-state index in [-0.39, 0.29) is 24.4 Å². The summed E-state index contributed by atoms with van der Waals surface area (Å²) < 4.78 is 111. The lowest BCUT2D eigenvalue weighted by Gasteiger charge is -2.38. The summed E-state index contributed by atoms with van der Waals surface area (Å²) in [6.45, 7) is 0.830. The largest absolute Gasteiger partial charge is 0.430 e. The van der Waals surface area contributed by atoms with Crippen LogP contribution in [-0.4, -0.2) is 33.3 Å². The maximum absolute atomic E-state index is 14.0. The van der Waals surface area contributed by atoms with Crippen LogP contribution in [0.1, 0.15) is 67.4 Å². The summed E-state index contributed by atoms with van der Waals surface area (Å²) in [6, 6.07) is 9.54. The standard InChI is InChI=1S/C27H31F6NO4S/c1-18(39(36)37)21-9-7-20(8-10-21)17-24(35)34-23-13-11-22(12-14-23)25(26(28,29)30,27(31,32)33)38-16-15-19-5-3-2-4-6-19/h7-14,18-19,39H,2-6,15-17H2,1H3,(H,34,35). The fourth-order valence-electron chi connectivity index (χ4n) is 4.80. The first kappa shape index (κ1) is 30.9. The van der Waals surface area contributed by atoms with Crippen molar-refractivity contribution >= 4 is 22.3 Å². The highest BCUT2D eigenvalue weighted by atomic mass is 32.2. The molecule has 1 aliphatic carbocycles. The second-order valence-electron chi connectivity index (χ2n) is 9.82. The molecular formula is C27H31F6NO4S. The molecule has 39 heavy (non-hydrogen) atoms. The summed E-state index contributed by atoms with van der Waals surface area (Å²) in [5.41, 5.74) is -4.52. The summed E-state index contributed by atoms with van der Waals surface area (Å²) in [5.74, 6) is -0.522. The number of alkyl halides is 6. The van der Waals surface area contributed by atoms with Crippen LogP contribution in [0.15, 0.2) is 48.5 Å². The quantitative estimate of drug-likeness (QED) is 0.239. The third-order valence-electron chi connectivity index (χ3n) is 7.09. The number of rotatable bonds is 10. The minimum atomic E-state index is -5.77. The van der Waals surface area contributed by atoms with E-state index < -0.39 is 52.0 Å². The molecule has 0 spiro atoms. The van der Waals surface area contributed by atoms with E-state index >= 15 is 0 Å². The molecule has 0 radical (unpaired) electrons. The van der Waals surface area contributed by atoms with Crippen molar-refractivity contribution in [1.29, 1.82) is 0 Å². The van der Waals surface area contributed by atoms with Crippen LogP contribution >= 0.6 is 0 Å². The van der Waals surface area contributed by atoms with Gasteiger partial charge in [0.15, 0.2) is 0 Å². The summed E-state index contributed by atoms with van der Waals surface area (Å²) in [4.78, 5) is 12.4. The molecule has 5 nitrogen and oxygen atoms in total. The summed E-state index contributed by atoms with van der Waals surface area (Å²) in [7, 11) is -2.66. The zero-order valence-electron chi connectivity index (χ0n) is 21.3. The topological polar surface area (TPSA) is 72.5 Å². The van der Waals surface area contributed by atoms with Crippen LogP contribution in [0, 0.1) is 5.92 Å². The van der Waals surface area contributed by atoms with E-state index in [1.165, 1.54) is 6.92 Å². The van der Waals surface area contributed by atoms with Crippen LogP contribution in [0.2, 0.25) is 0 Å². The van der Waals surface area contributed by atoms with Gasteiger partial charge in [-0.25, -0.2) is 8.42 Å². The minimum absolute atomic E-state index is 0.0119. The number of thiol groups is 1. The molecule has 1 atom stereocenters. The van der Waals surface area contributed by atoms with Crippen LogP contribution < -0.4 is 5.32 Å². The SMILES string of the molecule is CC(c1ccc(CC(=O)Nc2ccc(C(OCCC3CCCCC3)(C(F)(F)F)C(F)(F)F)cc2)cc1)[SH](=O)=O. The molecule has 3 rings (SSSR count). The normalized spacial score (nSPS) is 16.3. The number of carbonyl (C=O) groups excluding carboxylic acids is 1.